The first-order valence-corrected chi connectivity index (χ1v) is 9.21. The highest BCUT2D eigenvalue weighted by Gasteiger charge is 2.48. The Bertz CT molecular complexity index is 542. The zero-order valence-corrected chi connectivity index (χ0v) is 13.6. The van der Waals surface area contributed by atoms with Crippen LogP contribution in [0.3, 0.4) is 0 Å². The normalized spacial score (nSPS) is 26.1. The molecule has 0 bridgehead atoms. The Morgan fingerprint density at radius 1 is 1.23 bits per heavy atom. The molecular formula is C16H23N3O2S. The second-order valence-electron chi connectivity index (χ2n) is 6.76. The van der Waals surface area contributed by atoms with Crippen molar-refractivity contribution in [3.8, 4) is 0 Å². The van der Waals surface area contributed by atoms with E-state index >= 15 is 0 Å². The molecule has 1 aromatic heterocycles. The van der Waals surface area contributed by atoms with E-state index in [-0.39, 0.29) is 11.4 Å². The van der Waals surface area contributed by atoms with E-state index in [0.29, 0.717) is 6.04 Å². The number of rotatable bonds is 2. The number of carbonyl (C=O) groups excluding carboxylic acids is 1. The molecule has 2 heterocycles. The number of hydrogen-bond acceptors (Lipinski definition) is 4. The van der Waals surface area contributed by atoms with Crippen LogP contribution in [0.15, 0.2) is 0 Å². The zero-order chi connectivity index (χ0) is 15.0. The summed E-state index contributed by atoms with van der Waals surface area (Å²) in [4.78, 5) is 18.2. The van der Waals surface area contributed by atoms with Crippen molar-refractivity contribution < 1.29 is 9.53 Å². The topological polar surface area (TPSA) is 63.2 Å². The summed E-state index contributed by atoms with van der Waals surface area (Å²) < 4.78 is 5.46. The van der Waals surface area contributed by atoms with Crippen molar-refractivity contribution in [1.29, 1.82) is 0 Å². The van der Waals surface area contributed by atoms with Gasteiger partial charge < -0.3 is 10.1 Å². The third-order valence-electron chi connectivity index (χ3n) is 5.53. The van der Waals surface area contributed by atoms with Crippen molar-refractivity contribution in [2.24, 2.45) is 5.41 Å². The van der Waals surface area contributed by atoms with Crippen LogP contribution in [0.2, 0.25) is 0 Å². The van der Waals surface area contributed by atoms with Gasteiger partial charge in [-0.15, -0.1) is 11.3 Å². The third-order valence-corrected chi connectivity index (χ3v) is 6.60. The van der Waals surface area contributed by atoms with Gasteiger partial charge in [-0.05, 0) is 56.8 Å². The summed E-state index contributed by atoms with van der Waals surface area (Å²) in [6.45, 7) is 1.66. The lowest BCUT2D eigenvalue weighted by atomic mass is 9.60. The molecule has 2 aliphatic carbocycles. The molecule has 1 aliphatic heterocycles. The van der Waals surface area contributed by atoms with Gasteiger partial charge in [0.2, 0.25) is 0 Å². The number of anilines is 1. The van der Waals surface area contributed by atoms with Crippen LogP contribution in [0.25, 0.3) is 0 Å². The highest BCUT2D eigenvalue weighted by molar-refractivity contribution is 7.15. The van der Waals surface area contributed by atoms with Gasteiger partial charge in [0.15, 0.2) is 5.13 Å². The van der Waals surface area contributed by atoms with Crippen molar-refractivity contribution in [2.75, 3.05) is 18.5 Å². The minimum Gasteiger partial charge on any atom is -0.381 e. The number of carbonyl (C=O) groups is 1. The van der Waals surface area contributed by atoms with Crippen LogP contribution < -0.4 is 10.6 Å². The fraction of sp³-hybridized carbons (Fsp3) is 0.750. The Kier molecular flexibility index (Phi) is 3.82. The van der Waals surface area contributed by atoms with E-state index in [0.717, 1.165) is 50.4 Å². The van der Waals surface area contributed by atoms with E-state index in [1.165, 1.54) is 29.8 Å². The van der Waals surface area contributed by atoms with Crippen LogP contribution in [0.4, 0.5) is 9.93 Å². The number of aromatic nitrogens is 1. The summed E-state index contributed by atoms with van der Waals surface area (Å²) in [5.41, 5.74) is 1.48. The molecule has 22 heavy (non-hydrogen) atoms. The molecule has 2 fully saturated rings. The molecule has 3 aliphatic rings. The minimum absolute atomic E-state index is 0.0957. The Balaban J connectivity index is 1.35. The number of amides is 2. The first-order chi connectivity index (χ1) is 10.8. The van der Waals surface area contributed by atoms with Gasteiger partial charge in [-0.2, -0.15) is 0 Å². The van der Waals surface area contributed by atoms with E-state index in [1.807, 2.05) is 0 Å². The summed E-state index contributed by atoms with van der Waals surface area (Å²) in [6, 6.07) is 0.202. The van der Waals surface area contributed by atoms with Gasteiger partial charge in [-0.1, -0.05) is 0 Å². The van der Waals surface area contributed by atoms with Crippen LogP contribution in [0.5, 0.6) is 0 Å². The SMILES string of the molecule is O=C(Nc1nc2c(s1)CCCC2)NC1CCC12CCOCC2. The van der Waals surface area contributed by atoms with Crippen LogP contribution in [0.1, 0.15) is 49.1 Å². The molecule has 6 heteroatoms. The highest BCUT2D eigenvalue weighted by Crippen LogP contribution is 2.48. The maximum atomic E-state index is 12.3. The molecule has 1 unspecified atom stereocenters. The quantitative estimate of drug-likeness (QED) is 0.880. The highest BCUT2D eigenvalue weighted by atomic mass is 32.1. The number of fused-ring (bicyclic) bond motifs is 1. The second kappa shape index (κ2) is 5.81. The molecule has 2 amide bonds. The van der Waals surface area contributed by atoms with Gasteiger partial charge >= 0.3 is 6.03 Å². The molecule has 1 spiro atoms. The van der Waals surface area contributed by atoms with E-state index in [4.69, 9.17) is 4.74 Å². The Morgan fingerprint density at radius 2 is 2.05 bits per heavy atom. The number of ether oxygens (including phenoxy) is 1. The number of hydrogen-bond donors (Lipinski definition) is 2. The van der Waals surface area contributed by atoms with Crippen molar-refractivity contribution in [1.82, 2.24) is 10.3 Å². The van der Waals surface area contributed by atoms with Gasteiger partial charge in [-0.25, -0.2) is 9.78 Å². The second-order valence-corrected chi connectivity index (χ2v) is 7.84. The maximum Gasteiger partial charge on any atom is 0.321 e. The van der Waals surface area contributed by atoms with Crippen molar-refractivity contribution in [3.63, 3.8) is 0 Å². The van der Waals surface area contributed by atoms with E-state index in [1.54, 1.807) is 11.3 Å². The molecule has 4 rings (SSSR count). The lowest BCUT2D eigenvalue weighted by Gasteiger charge is -2.51. The Morgan fingerprint density at radius 3 is 2.77 bits per heavy atom. The molecular weight excluding hydrogens is 298 g/mol. The summed E-state index contributed by atoms with van der Waals surface area (Å²) in [5, 5.41) is 6.87. The van der Waals surface area contributed by atoms with E-state index in [2.05, 4.69) is 15.6 Å². The number of thiazole rings is 1. The van der Waals surface area contributed by atoms with E-state index in [9.17, 15) is 4.79 Å². The Hall–Kier alpha value is -1.14. The van der Waals surface area contributed by atoms with Crippen molar-refractivity contribution >= 4 is 22.5 Å². The molecule has 0 aromatic carbocycles. The van der Waals surface area contributed by atoms with E-state index < -0.39 is 0 Å². The van der Waals surface area contributed by atoms with Crippen LogP contribution in [-0.2, 0) is 17.6 Å². The maximum absolute atomic E-state index is 12.3. The van der Waals surface area contributed by atoms with Gasteiger partial charge in [0.05, 0.1) is 5.69 Å². The minimum atomic E-state index is -0.0957. The van der Waals surface area contributed by atoms with Gasteiger partial charge in [0.25, 0.3) is 0 Å². The number of urea groups is 1. The van der Waals surface area contributed by atoms with Crippen molar-refractivity contribution in [2.45, 2.75) is 57.4 Å². The molecule has 1 atom stereocenters. The average Bonchev–Trinajstić information content (AvgIpc) is 2.94. The predicted octanol–water partition coefficient (Wildman–Crippen LogP) is 3.10. The first-order valence-electron chi connectivity index (χ1n) is 8.39. The number of nitrogens with one attached hydrogen (secondary N) is 2. The fourth-order valence-corrected chi connectivity index (χ4v) is 5.04. The van der Waals surface area contributed by atoms with Gasteiger partial charge in [0, 0.05) is 24.1 Å². The largest absolute Gasteiger partial charge is 0.381 e. The standard InChI is InChI=1S/C16H23N3O2S/c20-14(18-13-5-6-16(13)7-9-21-10-8-16)19-15-17-11-3-1-2-4-12(11)22-15/h13H,1-10H2,(H2,17,18,19,20). The first kappa shape index (κ1) is 14.5. The van der Waals surface area contributed by atoms with Gasteiger partial charge in [-0.3, -0.25) is 5.32 Å². The number of nitrogens with zero attached hydrogens (tertiary/aromatic N) is 1. The molecule has 2 N–H and O–H groups in total. The monoisotopic (exact) mass is 321 g/mol. The fourth-order valence-electron chi connectivity index (χ4n) is 4.00. The van der Waals surface area contributed by atoms with Gasteiger partial charge in [0.1, 0.15) is 0 Å². The number of aryl methyl sites for hydroxylation is 2. The lowest BCUT2D eigenvalue weighted by Crippen LogP contribution is -2.57. The van der Waals surface area contributed by atoms with Crippen LogP contribution in [0, 0.1) is 5.41 Å². The molecule has 120 valence electrons. The average molecular weight is 321 g/mol. The molecule has 1 aromatic rings. The summed E-state index contributed by atoms with van der Waals surface area (Å²) in [7, 11) is 0. The van der Waals surface area contributed by atoms with Crippen LogP contribution in [-0.4, -0.2) is 30.3 Å². The lowest BCUT2D eigenvalue weighted by molar-refractivity contribution is -0.0507. The third kappa shape index (κ3) is 2.63. The van der Waals surface area contributed by atoms with Crippen molar-refractivity contribution in [3.05, 3.63) is 10.6 Å². The molecule has 1 saturated heterocycles. The zero-order valence-electron chi connectivity index (χ0n) is 12.8. The molecule has 0 radical (unpaired) electrons. The predicted molar refractivity (Wildman–Crippen MR) is 86.4 cm³/mol. The smallest absolute Gasteiger partial charge is 0.321 e. The molecule has 5 nitrogen and oxygen atoms in total. The summed E-state index contributed by atoms with van der Waals surface area (Å²) in [6.07, 6.45) is 9.08. The van der Waals surface area contributed by atoms with Crippen LogP contribution >= 0.6 is 11.3 Å². The molecule has 1 saturated carbocycles. The summed E-state index contributed by atoms with van der Waals surface area (Å²) in [5.74, 6) is 0. The summed E-state index contributed by atoms with van der Waals surface area (Å²) >= 11 is 1.64. The Labute approximate surface area is 134 Å².